The van der Waals surface area contributed by atoms with Crippen LogP contribution >= 0.6 is 0 Å². The van der Waals surface area contributed by atoms with E-state index in [0.717, 1.165) is 24.2 Å². The van der Waals surface area contributed by atoms with Crippen LogP contribution in [0.25, 0.3) is 0 Å². The molecule has 22 heavy (non-hydrogen) atoms. The Kier molecular flexibility index (Phi) is 6.77. The Labute approximate surface area is 137 Å². The number of rotatable bonds is 11. The average Bonchev–Trinajstić information content (AvgIpc) is 2.48. The molecule has 0 radical (unpaired) electrons. The highest BCUT2D eigenvalue weighted by molar-refractivity contribution is 5.73. The molecule has 0 aromatic rings. The molecular weight excluding hydrogens is 270 g/mol. The van der Waals surface area contributed by atoms with Crippen molar-refractivity contribution in [3.8, 4) is 0 Å². The highest BCUT2D eigenvalue weighted by atomic mass is 16.1. The van der Waals surface area contributed by atoms with Crippen molar-refractivity contribution in [2.24, 2.45) is 28.9 Å². The molecular formula is C20H37NO. The van der Waals surface area contributed by atoms with E-state index in [1.165, 1.54) is 70.6 Å². The molecule has 0 aromatic carbocycles. The summed E-state index contributed by atoms with van der Waals surface area (Å²) in [5.74, 6) is 2.97. The maximum atomic E-state index is 10.6. The monoisotopic (exact) mass is 307 g/mol. The van der Waals surface area contributed by atoms with Crippen LogP contribution in [0, 0.1) is 23.2 Å². The summed E-state index contributed by atoms with van der Waals surface area (Å²) in [5.41, 5.74) is 5.80. The van der Waals surface area contributed by atoms with Crippen LogP contribution < -0.4 is 5.73 Å². The number of carbonyl (C=O) groups excluding carboxylic acids is 1. The molecule has 128 valence electrons. The summed E-state index contributed by atoms with van der Waals surface area (Å²) in [6, 6.07) is 0. The zero-order valence-corrected chi connectivity index (χ0v) is 14.9. The molecule has 3 rings (SSSR count). The highest BCUT2D eigenvalue weighted by Gasteiger charge is 2.53. The Morgan fingerprint density at radius 1 is 0.955 bits per heavy atom. The van der Waals surface area contributed by atoms with Gasteiger partial charge in [-0.05, 0) is 48.9 Å². The number of carbonyl (C=O) groups is 1. The standard InChI is InChI=1S/C20H37NO/c1-20(2)17-14-13-16(18(20)15-17)11-9-7-5-3-4-6-8-10-12-19(21)22/h16-18H,3-15H2,1-2H3,(H2,21,22)/t16?,17-,18-/m0/s1. The first-order valence-electron chi connectivity index (χ1n) is 9.80. The van der Waals surface area contributed by atoms with Crippen LogP contribution in [0.3, 0.4) is 0 Å². The number of amides is 1. The second kappa shape index (κ2) is 8.36. The van der Waals surface area contributed by atoms with E-state index < -0.39 is 0 Å². The maximum absolute atomic E-state index is 10.6. The van der Waals surface area contributed by atoms with Gasteiger partial charge in [-0.3, -0.25) is 4.79 Å². The molecule has 0 heterocycles. The first-order valence-corrected chi connectivity index (χ1v) is 9.80. The van der Waals surface area contributed by atoms with Gasteiger partial charge in [-0.15, -0.1) is 0 Å². The van der Waals surface area contributed by atoms with Crippen molar-refractivity contribution in [3.05, 3.63) is 0 Å². The summed E-state index contributed by atoms with van der Waals surface area (Å²) < 4.78 is 0. The van der Waals surface area contributed by atoms with Crippen molar-refractivity contribution in [1.82, 2.24) is 0 Å². The molecule has 3 aliphatic carbocycles. The third-order valence-corrected chi connectivity index (χ3v) is 6.75. The van der Waals surface area contributed by atoms with Crippen molar-refractivity contribution in [3.63, 3.8) is 0 Å². The zero-order chi connectivity index (χ0) is 16.0. The molecule has 0 aromatic heterocycles. The number of hydrogen-bond acceptors (Lipinski definition) is 1. The number of hydrogen-bond donors (Lipinski definition) is 1. The van der Waals surface area contributed by atoms with Gasteiger partial charge in [0.25, 0.3) is 0 Å². The fourth-order valence-electron chi connectivity index (χ4n) is 5.07. The topological polar surface area (TPSA) is 43.1 Å². The minimum absolute atomic E-state index is 0.149. The van der Waals surface area contributed by atoms with Crippen LogP contribution in [-0.2, 0) is 4.79 Å². The van der Waals surface area contributed by atoms with E-state index in [0.29, 0.717) is 11.8 Å². The Balaban J connectivity index is 1.41. The smallest absolute Gasteiger partial charge is 0.217 e. The molecule has 2 heteroatoms. The van der Waals surface area contributed by atoms with Gasteiger partial charge >= 0.3 is 0 Å². The largest absolute Gasteiger partial charge is 0.370 e. The second-order valence-electron chi connectivity index (χ2n) is 8.53. The average molecular weight is 308 g/mol. The first-order chi connectivity index (χ1) is 10.5. The third kappa shape index (κ3) is 4.73. The maximum Gasteiger partial charge on any atom is 0.217 e. The van der Waals surface area contributed by atoms with E-state index >= 15 is 0 Å². The van der Waals surface area contributed by atoms with Gasteiger partial charge in [0.05, 0.1) is 0 Å². The Bertz CT molecular complexity index is 348. The Morgan fingerprint density at radius 2 is 1.55 bits per heavy atom. The van der Waals surface area contributed by atoms with Gasteiger partial charge in [-0.1, -0.05) is 65.2 Å². The summed E-state index contributed by atoms with van der Waals surface area (Å²) in [7, 11) is 0. The van der Waals surface area contributed by atoms with Crippen molar-refractivity contribution in [1.29, 1.82) is 0 Å². The molecule has 2 N–H and O–H groups in total. The molecule has 0 spiro atoms. The normalized spacial score (nSPS) is 29.1. The fourth-order valence-corrected chi connectivity index (χ4v) is 5.07. The van der Waals surface area contributed by atoms with Crippen molar-refractivity contribution in [2.45, 2.75) is 97.3 Å². The molecule has 3 aliphatic rings. The van der Waals surface area contributed by atoms with Crippen LogP contribution in [0.15, 0.2) is 0 Å². The highest BCUT2D eigenvalue weighted by Crippen LogP contribution is 2.62. The predicted molar refractivity (Wildman–Crippen MR) is 93.5 cm³/mol. The van der Waals surface area contributed by atoms with Gasteiger partial charge in [0, 0.05) is 6.42 Å². The van der Waals surface area contributed by atoms with E-state index in [2.05, 4.69) is 13.8 Å². The lowest BCUT2D eigenvalue weighted by molar-refractivity contribution is -0.118. The number of primary amides is 1. The van der Waals surface area contributed by atoms with Crippen molar-refractivity contribution in [2.75, 3.05) is 0 Å². The van der Waals surface area contributed by atoms with Gasteiger partial charge in [0.15, 0.2) is 0 Å². The Morgan fingerprint density at radius 3 is 2.09 bits per heavy atom. The minimum Gasteiger partial charge on any atom is -0.370 e. The fraction of sp³-hybridized carbons (Fsp3) is 0.950. The molecule has 1 amide bonds. The lowest BCUT2D eigenvalue weighted by atomic mass is 9.45. The molecule has 3 saturated carbocycles. The third-order valence-electron chi connectivity index (χ3n) is 6.75. The summed E-state index contributed by atoms with van der Waals surface area (Å²) in [6.07, 6.45) is 17.0. The van der Waals surface area contributed by atoms with Gasteiger partial charge in [0.2, 0.25) is 5.91 Å². The first kappa shape index (κ1) is 17.8. The summed E-state index contributed by atoms with van der Waals surface area (Å²) in [4.78, 5) is 10.6. The van der Waals surface area contributed by atoms with Crippen LogP contribution in [0.1, 0.15) is 97.3 Å². The van der Waals surface area contributed by atoms with Gasteiger partial charge in [-0.2, -0.15) is 0 Å². The van der Waals surface area contributed by atoms with E-state index in [4.69, 9.17) is 5.73 Å². The molecule has 2 nitrogen and oxygen atoms in total. The second-order valence-corrected chi connectivity index (χ2v) is 8.53. The zero-order valence-electron chi connectivity index (χ0n) is 14.9. The molecule has 1 unspecified atom stereocenters. The number of fused-ring (bicyclic) bond motifs is 2. The molecule has 2 bridgehead atoms. The van der Waals surface area contributed by atoms with E-state index in [-0.39, 0.29) is 5.91 Å². The van der Waals surface area contributed by atoms with Crippen LogP contribution in [-0.4, -0.2) is 5.91 Å². The van der Waals surface area contributed by atoms with Crippen LogP contribution in [0.5, 0.6) is 0 Å². The lowest BCUT2D eigenvalue weighted by Crippen LogP contribution is -2.52. The van der Waals surface area contributed by atoms with Gasteiger partial charge < -0.3 is 5.73 Å². The molecule has 3 fully saturated rings. The summed E-state index contributed by atoms with van der Waals surface area (Å²) >= 11 is 0. The molecule has 0 saturated heterocycles. The van der Waals surface area contributed by atoms with E-state index in [9.17, 15) is 4.79 Å². The lowest BCUT2D eigenvalue weighted by Gasteiger charge is -2.60. The van der Waals surface area contributed by atoms with Crippen molar-refractivity contribution >= 4 is 5.91 Å². The molecule has 3 atom stereocenters. The molecule has 0 aliphatic heterocycles. The predicted octanol–water partition coefficient (Wildman–Crippen LogP) is 5.45. The van der Waals surface area contributed by atoms with E-state index in [1.807, 2.05) is 0 Å². The Hall–Kier alpha value is -0.530. The van der Waals surface area contributed by atoms with Gasteiger partial charge in [-0.25, -0.2) is 0 Å². The summed E-state index contributed by atoms with van der Waals surface area (Å²) in [6.45, 7) is 5.02. The minimum atomic E-state index is -0.149. The van der Waals surface area contributed by atoms with Gasteiger partial charge in [0.1, 0.15) is 0 Å². The number of nitrogens with two attached hydrogens (primary N) is 1. The number of unbranched alkanes of at least 4 members (excludes halogenated alkanes) is 7. The van der Waals surface area contributed by atoms with Crippen LogP contribution in [0.4, 0.5) is 0 Å². The van der Waals surface area contributed by atoms with E-state index in [1.54, 1.807) is 0 Å². The SMILES string of the molecule is CC1(C)[C@H]2CCC(CCCCCCCCCCC(N)=O)[C@@H]1C2. The summed E-state index contributed by atoms with van der Waals surface area (Å²) in [5, 5.41) is 0. The van der Waals surface area contributed by atoms with Crippen molar-refractivity contribution < 1.29 is 4.79 Å². The van der Waals surface area contributed by atoms with Crippen LogP contribution in [0.2, 0.25) is 0 Å². The quantitative estimate of drug-likeness (QED) is 0.507.